The fourth-order valence-corrected chi connectivity index (χ4v) is 3.39. The normalized spacial score (nSPS) is 13.6. The zero-order valence-corrected chi connectivity index (χ0v) is 18.4. The first-order chi connectivity index (χ1) is 16.1. The van der Waals surface area contributed by atoms with Gasteiger partial charge < -0.3 is 25.4 Å². The van der Waals surface area contributed by atoms with E-state index in [0.29, 0.717) is 0 Å². The van der Waals surface area contributed by atoms with E-state index in [4.69, 9.17) is 26.8 Å². The monoisotopic (exact) mass is 499 g/mol. The van der Waals surface area contributed by atoms with Gasteiger partial charge in [-0.3, -0.25) is 4.57 Å². The van der Waals surface area contributed by atoms with Gasteiger partial charge in [0.15, 0.2) is 17.8 Å². The molecule has 0 spiro atoms. The lowest BCUT2D eigenvalue weighted by molar-refractivity contribution is -0.188. The second kappa shape index (κ2) is 10.2. The Bertz CT molecular complexity index is 1180. The third-order valence-electron chi connectivity index (χ3n) is 5.09. The summed E-state index contributed by atoms with van der Waals surface area (Å²) in [6.07, 6.45) is -2.69. The van der Waals surface area contributed by atoms with Crippen molar-refractivity contribution in [2.75, 3.05) is 19.5 Å². The summed E-state index contributed by atoms with van der Waals surface area (Å²) >= 11 is 5.78. The number of aliphatic carboxylic acids is 2. The fourth-order valence-electron chi connectivity index (χ4n) is 3.22. The van der Waals surface area contributed by atoms with Crippen LogP contribution >= 0.6 is 11.6 Å². The predicted molar refractivity (Wildman–Crippen MR) is 114 cm³/mol. The number of benzene rings is 1. The van der Waals surface area contributed by atoms with Crippen molar-refractivity contribution >= 4 is 40.5 Å². The maximum Gasteiger partial charge on any atom is 0.348 e. The van der Waals surface area contributed by atoms with Gasteiger partial charge in [0.2, 0.25) is 5.28 Å². The van der Waals surface area contributed by atoms with E-state index in [1.807, 2.05) is 0 Å². The quantitative estimate of drug-likeness (QED) is 0.263. The van der Waals surface area contributed by atoms with E-state index in [-0.39, 0.29) is 34.2 Å². The van der Waals surface area contributed by atoms with Crippen molar-refractivity contribution in [2.24, 2.45) is 0 Å². The van der Waals surface area contributed by atoms with Gasteiger partial charge in [0.25, 0.3) is 5.60 Å². The van der Waals surface area contributed by atoms with Crippen molar-refractivity contribution in [3.05, 3.63) is 47.3 Å². The minimum absolute atomic E-state index is 0.0301. The Morgan fingerprint density at radius 3 is 2.47 bits per heavy atom. The number of carboxylic acid groups (broad SMARTS) is 2. The number of carboxylic acids is 2. The van der Waals surface area contributed by atoms with Crippen LogP contribution in [-0.2, 0) is 25.5 Å². The molecular weight excluding hydrogens is 480 g/mol. The number of methoxy groups -OCH3 is 1. The molecule has 4 N–H and O–H groups in total. The van der Waals surface area contributed by atoms with Crippen LogP contribution in [0.2, 0.25) is 5.28 Å². The molecule has 2 atom stereocenters. The maximum atomic E-state index is 15.1. The van der Waals surface area contributed by atoms with Crippen LogP contribution in [0.5, 0.6) is 0 Å². The first kappa shape index (κ1) is 25.2. The molecule has 2 unspecified atom stereocenters. The summed E-state index contributed by atoms with van der Waals surface area (Å²) < 4.78 is 39.8. The molecule has 0 aliphatic heterocycles. The Morgan fingerprint density at radius 1 is 1.24 bits per heavy atom. The fraction of sp³-hybridized carbons (Fsp3) is 0.350. The topological polar surface area (TPSA) is 163 Å². The van der Waals surface area contributed by atoms with Gasteiger partial charge >= 0.3 is 11.9 Å². The number of ether oxygens (including phenoxy) is 2. The molecule has 1 aromatic carbocycles. The first-order valence-corrected chi connectivity index (χ1v) is 10.1. The van der Waals surface area contributed by atoms with E-state index < -0.39 is 48.8 Å². The second-order valence-electron chi connectivity index (χ2n) is 7.28. The lowest BCUT2D eigenvalue weighted by Gasteiger charge is -2.28. The zero-order chi connectivity index (χ0) is 25.0. The van der Waals surface area contributed by atoms with Crippen LogP contribution in [0.4, 0.5) is 14.6 Å². The highest BCUT2D eigenvalue weighted by molar-refractivity contribution is 6.28. The molecule has 0 bridgehead atoms. The number of rotatable bonds is 11. The van der Waals surface area contributed by atoms with Crippen molar-refractivity contribution in [1.82, 2.24) is 19.5 Å². The van der Waals surface area contributed by atoms with Gasteiger partial charge in [-0.05, 0) is 29.3 Å². The van der Waals surface area contributed by atoms with Crippen molar-refractivity contribution < 1.29 is 38.1 Å². The first-order valence-electron chi connectivity index (χ1n) is 9.75. The number of hydrogen-bond acceptors (Lipinski definition) is 8. The Morgan fingerprint density at radius 2 is 1.88 bits per heavy atom. The van der Waals surface area contributed by atoms with E-state index in [2.05, 4.69) is 15.0 Å². The average molecular weight is 500 g/mol. The summed E-state index contributed by atoms with van der Waals surface area (Å²) in [5.74, 6) is -4.17. The Labute approximate surface area is 196 Å². The number of imidazole rings is 1. The van der Waals surface area contributed by atoms with Crippen LogP contribution < -0.4 is 5.73 Å². The summed E-state index contributed by atoms with van der Waals surface area (Å²) in [6, 6.07) is 4.61. The van der Waals surface area contributed by atoms with Crippen LogP contribution in [0, 0.1) is 5.82 Å². The van der Waals surface area contributed by atoms with E-state index in [1.54, 1.807) is 0 Å². The van der Waals surface area contributed by atoms with Crippen LogP contribution in [0.25, 0.3) is 11.2 Å². The predicted octanol–water partition coefficient (Wildman–Crippen LogP) is 2.24. The van der Waals surface area contributed by atoms with E-state index in [1.165, 1.54) is 19.2 Å². The third-order valence-corrected chi connectivity index (χ3v) is 5.26. The average Bonchev–Trinajstić information content (AvgIpc) is 3.20. The smallest absolute Gasteiger partial charge is 0.348 e. The van der Waals surface area contributed by atoms with Crippen molar-refractivity contribution in [3.8, 4) is 0 Å². The summed E-state index contributed by atoms with van der Waals surface area (Å²) in [4.78, 5) is 35.4. The number of halogens is 3. The van der Waals surface area contributed by atoms with Gasteiger partial charge in [0.05, 0.1) is 19.0 Å². The van der Waals surface area contributed by atoms with E-state index in [9.17, 15) is 24.2 Å². The summed E-state index contributed by atoms with van der Waals surface area (Å²) in [5, 5.41) is 19.1. The minimum atomic E-state index is -2.71. The molecule has 0 fully saturated rings. The standard InChI is InChI=1S/C20H20ClF2N5O6/c1-33-12(6-13(23)28-9-25-14-15(24)26-19(21)27-16(14)28)8-34-20(17(29)30,18(31)32)7-10-2-4-11(22)5-3-10/h2-5,9,12-13H,6-8H2,1H3,(H,29,30)(H,31,32)(H2,24,26,27). The highest BCUT2D eigenvalue weighted by Gasteiger charge is 2.49. The van der Waals surface area contributed by atoms with Crippen molar-refractivity contribution in [1.29, 1.82) is 0 Å². The number of aromatic nitrogens is 4. The second-order valence-corrected chi connectivity index (χ2v) is 7.62. The van der Waals surface area contributed by atoms with Crippen LogP contribution in [0.15, 0.2) is 30.6 Å². The molecule has 0 amide bonds. The molecule has 3 rings (SSSR count). The Balaban J connectivity index is 1.78. The van der Waals surface area contributed by atoms with Gasteiger partial charge in [-0.25, -0.2) is 23.4 Å². The van der Waals surface area contributed by atoms with Crippen LogP contribution in [-0.4, -0.2) is 67.1 Å². The lowest BCUT2D eigenvalue weighted by Crippen LogP contribution is -2.52. The highest BCUT2D eigenvalue weighted by Crippen LogP contribution is 2.27. The van der Waals surface area contributed by atoms with Crippen LogP contribution in [0.3, 0.4) is 0 Å². The highest BCUT2D eigenvalue weighted by atomic mass is 35.5. The molecule has 182 valence electrons. The lowest BCUT2D eigenvalue weighted by atomic mass is 9.94. The molecule has 34 heavy (non-hydrogen) atoms. The molecule has 0 aliphatic rings. The molecule has 0 saturated heterocycles. The van der Waals surface area contributed by atoms with E-state index in [0.717, 1.165) is 23.0 Å². The van der Waals surface area contributed by atoms with Gasteiger partial charge in [-0.2, -0.15) is 9.97 Å². The maximum absolute atomic E-state index is 15.1. The molecule has 0 saturated carbocycles. The Hall–Kier alpha value is -3.42. The van der Waals surface area contributed by atoms with Gasteiger partial charge in [-0.15, -0.1) is 0 Å². The number of alkyl halides is 1. The van der Waals surface area contributed by atoms with Gasteiger partial charge in [0, 0.05) is 20.0 Å². The SMILES string of the molecule is COC(COC(Cc1ccc(F)cc1)(C(=O)O)C(=O)O)CC(F)n1cnc2c(N)nc(Cl)nc21. The number of anilines is 1. The molecular formula is C20H20ClF2N5O6. The molecule has 2 aromatic heterocycles. The molecule has 11 nitrogen and oxygen atoms in total. The Kier molecular flexibility index (Phi) is 7.59. The molecule has 0 aliphatic carbocycles. The largest absolute Gasteiger partial charge is 0.479 e. The number of nitrogens with two attached hydrogens (primary N) is 1. The third kappa shape index (κ3) is 5.21. The number of carbonyl (C=O) groups is 2. The van der Waals surface area contributed by atoms with E-state index >= 15 is 4.39 Å². The number of fused-ring (bicyclic) bond motifs is 1. The molecule has 14 heteroatoms. The van der Waals surface area contributed by atoms with Crippen LogP contribution in [0.1, 0.15) is 18.3 Å². The van der Waals surface area contributed by atoms with Crippen molar-refractivity contribution in [3.63, 3.8) is 0 Å². The van der Waals surface area contributed by atoms with Gasteiger partial charge in [-0.1, -0.05) is 12.1 Å². The number of nitrogens with zero attached hydrogens (tertiary/aromatic N) is 4. The molecule has 3 aromatic rings. The number of nitrogen functional groups attached to an aromatic ring is 1. The molecule has 0 radical (unpaired) electrons. The summed E-state index contributed by atoms with van der Waals surface area (Å²) in [7, 11) is 1.23. The summed E-state index contributed by atoms with van der Waals surface area (Å²) in [5.41, 5.74) is 3.37. The van der Waals surface area contributed by atoms with Crippen molar-refractivity contribution in [2.45, 2.75) is 30.8 Å². The number of hydrogen-bond donors (Lipinski definition) is 3. The van der Waals surface area contributed by atoms with Gasteiger partial charge in [0.1, 0.15) is 11.3 Å². The summed E-state index contributed by atoms with van der Waals surface area (Å²) in [6.45, 7) is -0.582. The molecule has 2 heterocycles. The minimum Gasteiger partial charge on any atom is -0.479 e. The zero-order valence-electron chi connectivity index (χ0n) is 17.7.